The first kappa shape index (κ1) is 19.1. The molecule has 2 aromatic rings. The first-order valence-corrected chi connectivity index (χ1v) is 7.00. The van der Waals surface area contributed by atoms with E-state index in [0.717, 1.165) is 19.2 Å². The fraction of sp³-hybridized carbons (Fsp3) is 0.154. The summed E-state index contributed by atoms with van der Waals surface area (Å²) in [5.74, 6) is -2.94. The van der Waals surface area contributed by atoms with Crippen LogP contribution in [0.3, 0.4) is 0 Å². The number of nitrogens with zero attached hydrogens (tertiary/aromatic N) is 3. The molecule has 0 unspecified atom stereocenters. The predicted molar refractivity (Wildman–Crippen MR) is 80.3 cm³/mol. The molecule has 1 aromatic heterocycles. The van der Waals surface area contributed by atoms with E-state index in [1.165, 1.54) is 0 Å². The lowest BCUT2D eigenvalue weighted by atomic mass is 10.1. The number of rotatable bonds is 3. The average molecular weight is 402 g/mol. The highest BCUT2D eigenvalue weighted by atomic mass is 35.5. The number of pyridine rings is 1. The molecule has 134 valence electrons. The topological polar surface area (TPSA) is 59.3 Å². The van der Waals surface area contributed by atoms with Gasteiger partial charge in [-0.15, -0.1) is 0 Å². The standard InChI is InChI=1S/C13H6Cl2F5N3O2/c1-22(10-8(14)11(16)21-12(17)9(10)15)7-3-2-5(23(24)25)4-6(7)13(18,19)20/h2-4H,1H3. The largest absolute Gasteiger partial charge is 0.418 e. The zero-order valence-corrected chi connectivity index (χ0v) is 13.5. The van der Waals surface area contributed by atoms with Gasteiger partial charge in [0.2, 0.25) is 11.9 Å². The van der Waals surface area contributed by atoms with Crippen LogP contribution in [0.1, 0.15) is 5.56 Å². The Morgan fingerprint density at radius 1 is 1.16 bits per heavy atom. The number of nitro groups is 1. The number of non-ortho nitro benzene ring substituents is 1. The number of hydrogen-bond donors (Lipinski definition) is 0. The highest BCUT2D eigenvalue weighted by molar-refractivity contribution is 6.39. The molecule has 2 rings (SSSR count). The van der Waals surface area contributed by atoms with Gasteiger partial charge in [0.15, 0.2) is 0 Å². The molecule has 0 amide bonds. The molecule has 0 N–H and O–H groups in total. The van der Waals surface area contributed by atoms with E-state index in [1.807, 2.05) is 0 Å². The summed E-state index contributed by atoms with van der Waals surface area (Å²) in [5.41, 5.74) is -3.47. The SMILES string of the molecule is CN(c1ccc([N+](=O)[O-])cc1C(F)(F)F)c1c(Cl)c(F)nc(F)c1Cl. The smallest absolute Gasteiger partial charge is 0.341 e. The number of nitro benzene ring substituents is 1. The molecule has 25 heavy (non-hydrogen) atoms. The maximum Gasteiger partial charge on any atom is 0.418 e. The highest BCUT2D eigenvalue weighted by Crippen LogP contribution is 2.44. The van der Waals surface area contributed by atoms with E-state index in [1.54, 1.807) is 0 Å². The number of hydrogen-bond acceptors (Lipinski definition) is 4. The number of aromatic nitrogens is 1. The highest BCUT2D eigenvalue weighted by Gasteiger charge is 2.37. The molecule has 0 aliphatic carbocycles. The van der Waals surface area contributed by atoms with Gasteiger partial charge in [-0.05, 0) is 6.07 Å². The summed E-state index contributed by atoms with van der Waals surface area (Å²) >= 11 is 11.3. The van der Waals surface area contributed by atoms with Gasteiger partial charge < -0.3 is 4.90 Å². The summed E-state index contributed by atoms with van der Waals surface area (Å²) < 4.78 is 66.8. The van der Waals surface area contributed by atoms with Crippen LogP contribution in [0.15, 0.2) is 18.2 Å². The van der Waals surface area contributed by atoms with Crippen molar-refractivity contribution in [3.63, 3.8) is 0 Å². The van der Waals surface area contributed by atoms with Crippen molar-refractivity contribution < 1.29 is 26.9 Å². The Kier molecular flexibility index (Phi) is 5.05. The lowest BCUT2D eigenvalue weighted by Crippen LogP contribution is -2.18. The minimum atomic E-state index is -4.99. The van der Waals surface area contributed by atoms with E-state index in [4.69, 9.17) is 23.2 Å². The number of anilines is 2. The first-order chi connectivity index (χ1) is 11.4. The van der Waals surface area contributed by atoms with Crippen LogP contribution in [0, 0.1) is 22.0 Å². The van der Waals surface area contributed by atoms with Gasteiger partial charge in [-0.2, -0.15) is 26.9 Å². The van der Waals surface area contributed by atoms with Crippen molar-refractivity contribution >= 4 is 40.3 Å². The molecule has 0 fully saturated rings. The summed E-state index contributed by atoms with van der Waals surface area (Å²) in [5, 5.41) is 9.09. The van der Waals surface area contributed by atoms with Crippen molar-refractivity contribution in [3.8, 4) is 0 Å². The van der Waals surface area contributed by atoms with Crippen LogP contribution in [0.5, 0.6) is 0 Å². The second kappa shape index (κ2) is 6.60. The molecule has 1 heterocycles. The van der Waals surface area contributed by atoms with Crippen LogP contribution in [0.2, 0.25) is 10.0 Å². The Morgan fingerprint density at radius 2 is 1.68 bits per heavy atom. The molecule has 0 saturated carbocycles. The van der Waals surface area contributed by atoms with Crippen molar-refractivity contribution in [3.05, 3.63) is 55.8 Å². The maximum atomic E-state index is 13.5. The zero-order chi connectivity index (χ0) is 19.1. The van der Waals surface area contributed by atoms with E-state index in [9.17, 15) is 32.1 Å². The fourth-order valence-corrected chi connectivity index (χ4v) is 2.62. The van der Waals surface area contributed by atoms with E-state index in [0.29, 0.717) is 11.0 Å². The summed E-state index contributed by atoms with van der Waals surface area (Å²) in [7, 11) is 1.02. The van der Waals surface area contributed by atoms with Gasteiger partial charge in [0.25, 0.3) is 5.69 Å². The van der Waals surface area contributed by atoms with Gasteiger partial charge in [-0.25, -0.2) is 0 Å². The number of halogens is 7. The third-order valence-corrected chi connectivity index (χ3v) is 3.84. The molecule has 0 aliphatic heterocycles. The minimum absolute atomic E-state index is 0.293. The van der Waals surface area contributed by atoms with Crippen molar-refractivity contribution in [2.75, 3.05) is 11.9 Å². The lowest BCUT2D eigenvalue weighted by Gasteiger charge is -2.25. The minimum Gasteiger partial charge on any atom is -0.341 e. The Balaban J connectivity index is 2.73. The Bertz CT molecular complexity index is 834. The summed E-state index contributed by atoms with van der Waals surface area (Å²) in [6.07, 6.45) is -4.99. The quantitative estimate of drug-likeness (QED) is 0.300. The molecule has 0 aliphatic rings. The molecule has 5 nitrogen and oxygen atoms in total. The number of alkyl halides is 3. The van der Waals surface area contributed by atoms with Crippen molar-refractivity contribution in [1.82, 2.24) is 4.98 Å². The van der Waals surface area contributed by atoms with Crippen LogP contribution in [-0.2, 0) is 6.18 Å². The molecule has 1 aromatic carbocycles. The average Bonchev–Trinajstić information content (AvgIpc) is 2.51. The predicted octanol–water partition coefficient (Wildman–Crippen LogP) is 5.36. The van der Waals surface area contributed by atoms with Crippen molar-refractivity contribution in [2.45, 2.75) is 6.18 Å². The van der Waals surface area contributed by atoms with Crippen LogP contribution in [0.4, 0.5) is 39.0 Å². The molecular weight excluding hydrogens is 396 g/mol. The van der Waals surface area contributed by atoms with Gasteiger partial charge >= 0.3 is 6.18 Å². The van der Waals surface area contributed by atoms with Gasteiger partial charge in [0.1, 0.15) is 10.0 Å². The fourth-order valence-electron chi connectivity index (χ4n) is 2.05. The molecule has 0 atom stereocenters. The number of benzene rings is 1. The van der Waals surface area contributed by atoms with E-state index in [-0.39, 0.29) is 0 Å². The van der Waals surface area contributed by atoms with Gasteiger partial charge in [0, 0.05) is 19.2 Å². The van der Waals surface area contributed by atoms with Crippen molar-refractivity contribution in [2.24, 2.45) is 0 Å². The Hall–Kier alpha value is -2.20. The van der Waals surface area contributed by atoms with Crippen LogP contribution in [-0.4, -0.2) is 17.0 Å². The monoisotopic (exact) mass is 401 g/mol. The second-order valence-electron chi connectivity index (χ2n) is 4.69. The van der Waals surface area contributed by atoms with Gasteiger partial charge in [0.05, 0.1) is 21.9 Å². The van der Waals surface area contributed by atoms with E-state index in [2.05, 4.69) is 4.98 Å². The summed E-state index contributed by atoms with van der Waals surface area (Å²) in [6.45, 7) is 0. The summed E-state index contributed by atoms with van der Waals surface area (Å²) in [6, 6.07) is 1.86. The van der Waals surface area contributed by atoms with Gasteiger partial charge in [-0.3, -0.25) is 10.1 Å². The molecule has 0 saturated heterocycles. The van der Waals surface area contributed by atoms with Crippen molar-refractivity contribution in [1.29, 1.82) is 0 Å². The summed E-state index contributed by atoms with van der Waals surface area (Å²) in [4.78, 5) is 13.1. The van der Waals surface area contributed by atoms with Crippen LogP contribution >= 0.6 is 23.2 Å². The van der Waals surface area contributed by atoms with Crippen LogP contribution < -0.4 is 4.90 Å². The molecule has 0 radical (unpaired) electrons. The molecule has 12 heteroatoms. The second-order valence-corrected chi connectivity index (χ2v) is 5.44. The maximum absolute atomic E-state index is 13.5. The first-order valence-electron chi connectivity index (χ1n) is 6.24. The molecular formula is C13H6Cl2F5N3O2. The Morgan fingerprint density at radius 3 is 2.12 bits per heavy atom. The normalized spacial score (nSPS) is 11.5. The Labute approximate surface area is 146 Å². The molecule has 0 bridgehead atoms. The van der Waals surface area contributed by atoms with E-state index < -0.39 is 55.7 Å². The van der Waals surface area contributed by atoms with Crippen LogP contribution in [0.25, 0.3) is 0 Å². The zero-order valence-electron chi connectivity index (χ0n) is 12.0. The molecule has 0 spiro atoms. The lowest BCUT2D eigenvalue weighted by molar-refractivity contribution is -0.385. The third kappa shape index (κ3) is 3.59. The van der Waals surface area contributed by atoms with E-state index >= 15 is 0 Å². The van der Waals surface area contributed by atoms with Gasteiger partial charge in [-0.1, -0.05) is 23.2 Å². The third-order valence-electron chi connectivity index (χ3n) is 3.17.